The summed E-state index contributed by atoms with van der Waals surface area (Å²) in [5, 5.41) is 2.53. The lowest BCUT2D eigenvalue weighted by Gasteiger charge is -2.37. The number of fused-ring (bicyclic) bond motifs is 1. The quantitative estimate of drug-likeness (QED) is 0.836. The number of nitrogens with zero attached hydrogens (tertiary/aromatic N) is 3. The maximum Gasteiger partial charge on any atom is 0.222 e. The van der Waals surface area contributed by atoms with Crippen LogP contribution in [0.2, 0.25) is 0 Å². The van der Waals surface area contributed by atoms with E-state index in [0.717, 1.165) is 38.9 Å². The van der Waals surface area contributed by atoms with E-state index in [-0.39, 0.29) is 0 Å². The first-order valence-electron chi connectivity index (χ1n) is 9.65. The van der Waals surface area contributed by atoms with Crippen LogP contribution in [0.1, 0.15) is 44.1 Å². The van der Waals surface area contributed by atoms with Crippen LogP contribution in [0, 0.1) is 0 Å². The second-order valence-corrected chi connectivity index (χ2v) is 7.41. The Morgan fingerprint density at radius 2 is 2.08 bits per heavy atom. The molecule has 2 aromatic rings. The molecule has 0 N–H and O–H groups in total. The van der Waals surface area contributed by atoms with E-state index < -0.39 is 0 Å². The Bertz CT molecular complexity index is 740. The van der Waals surface area contributed by atoms with Gasteiger partial charge in [0.05, 0.1) is 0 Å². The van der Waals surface area contributed by atoms with Crippen LogP contribution in [0.3, 0.4) is 0 Å². The fourth-order valence-electron chi connectivity index (χ4n) is 4.39. The molecule has 3 heterocycles. The molecule has 1 aromatic heterocycles. The summed E-state index contributed by atoms with van der Waals surface area (Å²) >= 11 is 0. The Morgan fingerprint density at radius 1 is 1.12 bits per heavy atom. The smallest absolute Gasteiger partial charge is 0.222 e. The first-order chi connectivity index (χ1) is 12.3. The molecule has 4 heteroatoms. The van der Waals surface area contributed by atoms with Gasteiger partial charge in [-0.05, 0) is 49.2 Å². The van der Waals surface area contributed by atoms with Crippen molar-refractivity contribution < 1.29 is 4.79 Å². The number of aromatic nitrogens is 1. The normalized spacial score (nSPS) is 22.0. The highest BCUT2D eigenvalue weighted by molar-refractivity contribution is 5.84. The standard InChI is InChI=1S/C21H27N3O/c25-21-8-4-13-23(21)14-10-19-7-1-2-12-24(19)16-18-6-3-5-17-15-22-11-9-20(17)18/h3,5-6,9,11,15,19H,1-2,4,7-8,10,12-14,16H2/t19-/m1/s1. The predicted molar refractivity (Wildman–Crippen MR) is 100 cm³/mol. The van der Waals surface area contributed by atoms with Gasteiger partial charge in [0, 0.05) is 49.9 Å². The number of carbonyl (C=O) groups excluding carboxylic acids is 1. The van der Waals surface area contributed by atoms with Crippen molar-refractivity contribution in [3.63, 3.8) is 0 Å². The number of benzene rings is 1. The monoisotopic (exact) mass is 337 g/mol. The third kappa shape index (κ3) is 3.69. The van der Waals surface area contributed by atoms with Crippen LogP contribution in [-0.4, -0.2) is 46.4 Å². The zero-order valence-corrected chi connectivity index (χ0v) is 14.9. The molecule has 2 saturated heterocycles. The summed E-state index contributed by atoms with van der Waals surface area (Å²) in [4.78, 5) is 20.8. The molecule has 4 nitrogen and oxygen atoms in total. The molecule has 0 spiro atoms. The molecule has 1 aromatic carbocycles. The molecule has 2 aliphatic heterocycles. The van der Waals surface area contributed by atoms with Crippen LogP contribution in [0.25, 0.3) is 10.8 Å². The maximum absolute atomic E-state index is 11.9. The average molecular weight is 337 g/mol. The SMILES string of the molecule is O=C1CCCN1CC[C@H]1CCCCN1Cc1cccc2cnccc12. The van der Waals surface area contributed by atoms with Gasteiger partial charge in [-0.1, -0.05) is 24.6 Å². The molecule has 132 valence electrons. The van der Waals surface area contributed by atoms with E-state index in [1.807, 2.05) is 12.4 Å². The van der Waals surface area contributed by atoms with Crippen LogP contribution in [0.4, 0.5) is 0 Å². The lowest BCUT2D eigenvalue weighted by atomic mass is 9.97. The van der Waals surface area contributed by atoms with E-state index in [1.54, 1.807) is 0 Å². The Kier molecular flexibility index (Phi) is 4.97. The van der Waals surface area contributed by atoms with Gasteiger partial charge in [0.15, 0.2) is 0 Å². The Hall–Kier alpha value is -1.94. The van der Waals surface area contributed by atoms with Crippen LogP contribution >= 0.6 is 0 Å². The second-order valence-electron chi connectivity index (χ2n) is 7.41. The maximum atomic E-state index is 11.9. The summed E-state index contributed by atoms with van der Waals surface area (Å²) < 4.78 is 0. The van der Waals surface area contributed by atoms with E-state index in [4.69, 9.17) is 0 Å². The highest BCUT2D eigenvalue weighted by Gasteiger charge is 2.26. The van der Waals surface area contributed by atoms with Crippen molar-refractivity contribution >= 4 is 16.7 Å². The van der Waals surface area contributed by atoms with Crippen LogP contribution in [0.5, 0.6) is 0 Å². The number of carbonyl (C=O) groups is 1. The van der Waals surface area contributed by atoms with E-state index >= 15 is 0 Å². The minimum atomic E-state index is 0.351. The predicted octanol–water partition coefficient (Wildman–Crippen LogP) is 3.60. The molecule has 1 atom stereocenters. The van der Waals surface area contributed by atoms with Crippen LogP contribution in [0.15, 0.2) is 36.7 Å². The van der Waals surface area contributed by atoms with E-state index in [0.29, 0.717) is 11.9 Å². The number of amides is 1. The Morgan fingerprint density at radius 3 is 2.96 bits per heavy atom. The van der Waals surface area contributed by atoms with Crippen molar-refractivity contribution in [2.45, 2.75) is 51.1 Å². The number of hydrogen-bond acceptors (Lipinski definition) is 3. The number of rotatable bonds is 5. The minimum absolute atomic E-state index is 0.351. The summed E-state index contributed by atoms with van der Waals surface area (Å²) in [6, 6.07) is 9.25. The highest BCUT2D eigenvalue weighted by Crippen LogP contribution is 2.26. The molecule has 0 unspecified atom stereocenters. The summed E-state index contributed by atoms with van der Waals surface area (Å²) in [6.07, 6.45) is 10.6. The zero-order valence-electron chi connectivity index (χ0n) is 14.9. The summed E-state index contributed by atoms with van der Waals surface area (Å²) in [7, 11) is 0. The first kappa shape index (κ1) is 16.5. The average Bonchev–Trinajstić information content (AvgIpc) is 3.06. The lowest BCUT2D eigenvalue weighted by Crippen LogP contribution is -2.41. The highest BCUT2D eigenvalue weighted by atomic mass is 16.2. The molecule has 0 radical (unpaired) electrons. The third-order valence-corrected chi connectivity index (χ3v) is 5.80. The van der Waals surface area contributed by atoms with Gasteiger partial charge in [-0.2, -0.15) is 0 Å². The molecule has 1 amide bonds. The summed E-state index contributed by atoms with van der Waals surface area (Å²) in [5.41, 5.74) is 1.39. The number of pyridine rings is 1. The van der Waals surface area contributed by atoms with Gasteiger partial charge in [-0.15, -0.1) is 0 Å². The fraction of sp³-hybridized carbons (Fsp3) is 0.524. The minimum Gasteiger partial charge on any atom is -0.343 e. The van der Waals surface area contributed by atoms with E-state index in [1.165, 1.54) is 42.1 Å². The largest absolute Gasteiger partial charge is 0.343 e. The van der Waals surface area contributed by atoms with E-state index in [9.17, 15) is 4.79 Å². The molecule has 2 aliphatic rings. The first-order valence-corrected chi connectivity index (χ1v) is 9.65. The zero-order chi connectivity index (χ0) is 17.1. The fourth-order valence-corrected chi connectivity index (χ4v) is 4.39. The number of hydrogen-bond donors (Lipinski definition) is 0. The van der Waals surface area contributed by atoms with Crippen LogP contribution in [-0.2, 0) is 11.3 Å². The van der Waals surface area contributed by atoms with Gasteiger partial charge >= 0.3 is 0 Å². The Labute approximate surface area is 149 Å². The van der Waals surface area contributed by atoms with Gasteiger partial charge in [-0.25, -0.2) is 0 Å². The van der Waals surface area contributed by atoms with Crippen molar-refractivity contribution in [1.29, 1.82) is 0 Å². The topological polar surface area (TPSA) is 36.4 Å². The molecule has 2 fully saturated rings. The molecule has 0 saturated carbocycles. The van der Waals surface area contributed by atoms with Crippen molar-refractivity contribution in [1.82, 2.24) is 14.8 Å². The van der Waals surface area contributed by atoms with Gasteiger partial charge < -0.3 is 4.90 Å². The van der Waals surface area contributed by atoms with Crippen molar-refractivity contribution in [2.75, 3.05) is 19.6 Å². The number of piperidine rings is 1. The molecular formula is C21H27N3O. The molecular weight excluding hydrogens is 310 g/mol. The van der Waals surface area contributed by atoms with Crippen molar-refractivity contribution in [3.05, 3.63) is 42.2 Å². The molecule has 25 heavy (non-hydrogen) atoms. The van der Waals surface area contributed by atoms with Gasteiger partial charge in [0.1, 0.15) is 0 Å². The van der Waals surface area contributed by atoms with Crippen LogP contribution < -0.4 is 0 Å². The molecule has 0 bridgehead atoms. The van der Waals surface area contributed by atoms with Crippen molar-refractivity contribution in [2.24, 2.45) is 0 Å². The van der Waals surface area contributed by atoms with Gasteiger partial charge in [0.25, 0.3) is 0 Å². The van der Waals surface area contributed by atoms with Gasteiger partial charge in [0.2, 0.25) is 5.91 Å². The number of likely N-dealkylation sites (tertiary alicyclic amines) is 2. The Balaban J connectivity index is 1.46. The molecule has 4 rings (SSSR count). The summed E-state index contributed by atoms with van der Waals surface area (Å²) in [6.45, 7) is 4.06. The summed E-state index contributed by atoms with van der Waals surface area (Å²) in [5.74, 6) is 0.351. The van der Waals surface area contributed by atoms with E-state index in [2.05, 4.69) is 39.0 Å². The second kappa shape index (κ2) is 7.52. The lowest BCUT2D eigenvalue weighted by molar-refractivity contribution is -0.127. The third-order valence-electron chi connectivity index (χ3n) is 5.80. The van der Waals surface area contributed by atoms with Crippen molar-refractivity contribution in [3.8, 4) is 0 Å². The van der Waals surface area contributed by atoms with Gasteiger partial charge in [-0.3, -0.25) is 14.7 Å². The molecule has 0 aliphatic carbocycles.